The molecule has 33 heavy (non-hydrogen) atoms. The second-order valence-electron chi connectivity index (χ2n) is 10.2. The van der Waals surface area contributed by atoms with Crippen molar-refractivity contribution in [1.82, 2.24) is 0 Å². The van der Waals surface area contributed by atoms with Crippen LogP contribution < -0.4 is 10.1 Å². The first kappa shape index (κ1) is 21.7. The highest BCUT2D eigenvalue weighted by Gasteiger charge is 2.51. The number of esters is 1. The van der Waals surface area contributed by atoms with Crippen LogP contribution in [0.4, 0.5) is 5.69 Å². The summed E-state index contributed by atoms with van der Waals surface area (Å²) in [6.07, 6.45) is 11.1. The molecule has 0 atom stereocenters. The van der Waals surface area contributed by atoms with Gasteiger partial charge in [0.15, 0.2) is 0 Å². The third-order valence-electron chi connectivity index (χ3n) is 7.79. The maximum Gasteiger partial charge on any atom is 0.337 e. The summed E-state index contributed by atoms with van der Waals surface area (Å²) >= 11 is 0. The van der Waals surface area contributed by atoms with Crippen molar-refractivity contribution < 1.29 is 19.1 Å². The van der Waals surface area contributed by atoms with Gasteiger partial charge < -0.3 is 14.8 Å². The lowest BCUT2D eigenvalue weighted by molar-refractivity contribution is -0.112. The molecule has 1 N–H and O–H groups in total. The number of hydrogen-bond donors (Lipinski definition) is 1. The van der Waals surface area contributed by atoms with Crippen LogP contribution in [0.2, 0.25) is 0 Å². The molecule has 4 fully saturated rings. The van der Waals surface area contributed by atoms with Gasteiger partial charge in [0.2, 0.25) is 0 Å². The van der Waals surface area contributed by atoms with Gasteiger partial charge in [-0.3, -0.25) is 4.79 Å². The van der Waals surface area contributed by atoms with E-state index in [1.165, 1.54) is 63.5 Å². The Bertz CT molecular complexity index is 1070. The lowest BCUT2D eigenvalue weighted by Gasteiger charge is -2.57. The van der Waals surface area contributed by atoms with Crippen LogP contribution in [-0.4, -0.2) is 19.0 Å². The first-order chi connectivity index (χ1) is 15.9. The van der Waals surface area contributed by atoms with Crippen molar-refractivity contribution in [2.24, 2.45) is 17.8 Å². The summed E-state index contributed by atoms with van der Waals surface area (Å²) in [5.74, 6) is 2.74. The number of ether oxygens (including phenoxy) is 2. The molecule has 2 aromatic rings. The lowest BCUT2D eigenvalue weighted by Crippen LogP contribution is -2.48. The molecule has 5 heteroatoms. The van der Waals surface area contributed by atoms with Crippen LogP contribution >= 0.6 is 0 Å². The fourth-order valence-electron chi connectivity index (χ4n) is 6.77. The second-order valence-corrected chi connectivity index (χ2v) is 10.2. The number of anilines is 1. The monoisotopic (exact) mass is 445 g/mol. The van der Waals surface area contributed by atoms with E-state index in [0.29, 0.717) is 16.7 Å². The topological polar surface area (TPSA) is 64.6 Å². The normalized spacial score (nSPS) is 27.5. The van der Waals surface area contributed by atoms with Crippen molar-refractivity contribution in [2.45, 2.75) is 50.9 Å². The molecule has 1 amide bonds. The Morgan fingerprint density at radius 3 is 2.33 bits per heavy atom. The summed E-state index contributed by atoms with van der Waals surface area (Å²) in [7, 11) is 1.32. The van der Waals surface area contributed by atoms with Crippen LogP contribution in [-0.2, 0) is 14.9 Å². The van der Waals surface area contributed by atoms with Crippen LogP contribution in [0, 0.1) is 24.7 Å². The molecule has 0 unspecified atom stereocenters. The smallest absolute Gasteiger partial charge is 0.337 e. The van der Waals surface area contributed by atoms with Gasteiger partial charge in [0.05, 0.1) is 18.9 Å². The molecule has 0 saturated heterocycles. The van der Waals surface area contributed by atoms with Crippen molar-refractivity contribution in [3.63, 3.8) is 0 Å². The highest BCUT2D eigenvalue weighted by atomic mass is 16.5. The maximum atomic E-state index is 12.3. The number of amides is 1. The van der Waals surface area contributed by atoms with Crippen LogP contribution in [0.5, 0.6) is 5.75 Å². The molecule has 4 aliphatic rings. The summed E-state index contributed by atoms with van der Waals surface area (Å²) in [5.41, 5.74) is 3.83. The van der Waals surface area contributed by atoms with Crippen LogP contribution in [0.1, 0.15) is 60.0 Å². The highest BCUT2D eigenvalue weighted by molar-refractivity contribution is 6.00. The van der Waals surface area contributed by atoms with Gasteiger partial charge in [-0.25, -0.2) is 4.79 Å². The Labute approximate surface area is 195 Å². The zero-order valence-electron chi connectivity index (χ0n) is 19.3. The summed E-state index contributed by atoms with van der Waals surface area (Å²) < 4.78 is 10.5. The molecule has 5 nitrogen and oxygen atoms in total. The molecule has 0 heterocycles. The minimum atomic E-state index is -0.447. The van der Waals surface area contributed by atoms with Gasteiger partial charge >= 0.3 is 5.97 Å². The molecular weight excluding hydrogens is 414 g/mol. The zero-order chi connectivity index (χ0) is 23.0. The van der Waals surface area contributed by atoms with E-state index in [1.807, 2.05) is 6.07 Å². The Morgan fingerprint density at radius 1 is 1.00 bits per heavy atom. The van der Waals surface area contributed by atoms with E-state index in [-0.39, 0.29) is 5.91 Å². The SMILES string of the molecule is COC(=O)c1cccc(NC(=O)/C=C/Oc2ccc(C34CC5CC(CC(C5)C3)C4)cc2C)c1. The largest absolute Gasteiger partial charge is 0.465 e. The van der Waals surface area contributed by atoms with E-state index >= 15 is 0 Å². The third-order valence-corrected chi connectivity index (χ3v) is 7.79. The molecule has 0 radical (unpaired) electrons. The van der Waals surface area contributed by atoms with E-state index in [0.717, 1.165) is 29.1 Å². The van der Waals surface area contributed by atoms with Gasteiger partial charge in [-0.05, 0) is 104 Å². The zero-order valence-corrected chi connectivity index (χ0v) is 19.3. The number of carbonyl (C=O) groups is 2. The molecule has 0 aromatic heterocycles. The second kappa shape index (κ2) is 8.69. The number of benzene rings is 2. The molecular formula is C28H31NO4. The average molecular weight is 446 g/mol. The Morgan fingerprint density at radius 2 is 1.70 bits per heavy atom. The quantitative estimate of drug-likeness (QED) is 0.348. The predicted octanol–water partition coefficient (Wildman–Crippen LogP) is 5.78. The minimum Gasteiger partial charge on any atom is -0.465 e. The minimum absolute atomic E-state index is 0.333. The van der Waals surface area contributed by atoms with Crippen molar-refractivity contribution in [3.05, 3.63) is 71.5 Å². The molecule has 0 spiro atoms. The fourth-order valence-corrected chi connectivity index (χ4v) is 6.77. The molecule has 0 aliphatic heterocycles. The molecule has 4 bridgehead atoms. The number of rotatable bonds is 6. The molecule has 6 rings (SSSR count). The van der Waals surface area contributed by atoms with Gasteiger partial charge in [0.25, 0.3) is 5.91 Å². The number of aryl methyl sites for hydroxylation is 1. The van der Waals surface area contributed by atoms with Crippen LogP contribution in [0.25, 0.3) is 0 Å². The van der Waals surface area contributed by atoms with E-state index in [4.69, 9.17) is 9.47 Å². The first-order valence-electron chi connectivity index (χ1n) is 11.9. The van der Waals surface area contributed by atoms with Gasteiger partial charge in [-0.2, -0.15) is 0 Å². The Balaban J connectivity index is 1.22. The van der Waals surface area contributed by atoms with Crippen molar-refractivity contribution >= 4 is 17.6 Å². The van der Waals surface area contributed by atoms with E-state index in [9.17, 15) is 9.59 Å². The first-order valence-corrected chi connectivity index (χ1v) is 11.9. The van der Waals surface area contributed by atoms with Gasteiger partial charge in [-0.1, -0.05) is 18.2 Å². The highest BCUT2D eigenvalue weighted by Crippen LogP contribution is 2.60. The number of hydrogen-bond acceptors (Lipinski definition) is 4. The van der Waals surface area contributed by atoms with Crippen molar-refractivity contribution in [2.75, 3.05) is 12.4 Å². The fraction of sp³-hybridized carbons (Fsp3) is 0.429. The van der Waals surface area contributed by atoms with Crippen molar-refractivity contribution in [1.29, 1.82) is 0 Å². The van der Waals surface area contributed by atoms with Crippen LogP contribution in [0.3, 0.4) is 0 Å². The Kier molecular flexibility index (Phi) is 5.73. The average Bonchev–Trinajstić information content (AvgIpc) is 2.79. The van der Waals surface area contributed by atoms with Crippen molar-refractivity contribution in [3.8, 4) is 5.75 Å². The number of carbonyl (C=O) groups excluding carboxylic acids is 2. The van der Waals surface area contributed by atoms with E-state index < -0.39 is 5.97 Å². The van der Waals surface area contributed by atoms with Gasteiger partial charge in [0.1, 0.15) is 5.75 Å². The standard InChI is InChI=1S/C28H31NO4/c1-18-10-23(28-15-19-11-20(16-28)13-21(12-19)17-28)6-7-25(18)33-9-8-26(30)29-24-5-3-4-22(14-24)27(31)32-2/h3-10,14,19-21H,11-13,15-17H2,1-2H3,(H,29,30)/b9-8+. The van der Waals surface area contributed by atoms with E-state index in [2.05, 4.69) is 24.4 Å². The summed E-state index contributed by atoms with van der Waals surface area (Å²) in [6, 6.07) is 13.2. The number of methoxy groups -OCH3 is 1. The molecule has 4 aliphatic carbocycles. The van der Waals surface area contributed by atoms with Gasteiger partial charge in [-0.15, -0.1) is 0 Å². The number of nitrogens with one attached hydrogen (secondary N) is 1. The maximum absolute atomic E-state index is 12.3. The molecule has 4 saturated carbocycles. The predicted molar refractivity (Wildman–Crippen MR) is 127 cm³/mol. The Hall–Kier alpha value is -3.08. The summed E-state index contributed by atoms with van der Waals surface area (Å²) in [4.78, 5) is 23.9. The summed E-state index contributed by atoms with van der Waals surface area (Å²) in [5, 5.41) is 2.73. The molecule has 2 aromatic carbocycles. The third kappa shape index (κ3) is 4.41. The summed E-state index contributed by atoms with van der Waals surface area (Å²) in [6.45, 7) is 2.07. The lowest BCUT2D eigenvalue weighted by atomic mass is 9.48. The van der Waals surface area contributed by atoms with Crippen LogP contribution in [0.15, 0.2) is 54.8 Å². The molecule has 172 valence electrons. The van der Waals surface area contributed by atoms with Gasteiger partial charge in [0, 0.05) is 11.8 Å². The van der Waals surface area contributed by atoms with E-state index in [1.54, 1.807) is 24.3 Å².